The highest BCUT2D eigenvalue weighted by Crippen LogP contribution is 2.31. The van der Waals surface area contributed by atoms with E-state index in [0.29, 0.717) is 23.7 Å². The van der Waals surface area contributed by atoms with Crippen LogP contribution in [0.15, 0.2) is 47.4 Å². The van der Waals surface area contributed by atoms with Crippen molar-refractivity contribution in [3.05, 3.63) is 53.1 Å². The number of fused-ring (bicyclic) bond motifs is 1. The van der Waals surface area contributed by atoms with Crippen LogP contribution in [-0.4, -0.2) is 80.9 Å². The third-order valence-corrected chi connectivity index (χ3v) is 9.62. The summed E-state index contributed by atoms with van der Waals surface area (Å²) in [5.41, 5.74) is 1.31. The third-order valence-electron chi connectivity index (χ3n) is 6.40. The number of carbonyl (C=O) groups excluding carboxylic acids is 1. The fourth-order valence-corrected chi connectivity index (χ4v) is 6.98. The Bertz CT molecular complexity index is 1470. The van der Waals surface area contributed by atoms with Crippen LogP contribution in [0, 0.1) is 22.7 Å². The van der Waals surface area contributed by atoms with Gasteiger partial charge in [-0.05, 0) is 42.5 Å². The van der Waals surface area contributed by atoms with E-state index in [0.717, 1.165) is 45.8 Å². The molecule has 0 saturated carbocycles. The molecule has 0 aliphatic carbocycles. The van der Waals surface area contributed by atoms with Gasteiger partial charge in [0.05, 0.1) is 27.3 Å². The maximum Gasteiger partial charge on any atom is 0.251 e. The Hall–Kier alpha value is -3.26. The largest absolute Gasteiger partial charge is 0.351 e. The van der Waals surface area contributed by atoms with Crippen LogP contribution in [0.25, 0.3) is 10.2 Å². The average Bonchev–Trinajstić information content (AvgIpc) is 3.36. The van der Waals surface area contributed by atoms with Crippen LogP contribution in [0.4, 0.5) is 5.13 Å². The molecule has 1 amide bonds. The molecule has 1 saturated heterocycles. The third kappa shape index (κ3) is 7.24. The van der Waals surface area contributed by atoms with E-state index in [-0.39, 0.29) is 36.7 Å². The molecule has 2 heterocycles. The highest BCUT2D eigenvalue weighted by Gasteiger charge is 2.24. The summed E-state index contributed by atoms with van der Waals surface area (Å²) in [5.74, 6) is -0.281. The summed E-state index contributed by atoms with van der Waals surface area (Å²) < 4.78 is 28.1. The fourth-order valence-electron chi connectivity index (χ4n) is 4.24. The van der Waals surface area contributed by atoms with E-state index in [4.69, 9.17) is 27.1 Å². The zero-order valence-corrected chi connectivity index (χ0v) is 23.6. The number of nitrogens with zero attached hydrogens (tertiary/aromatic N) is 6. The van der Waals surface area contributed by atoms with Gasteiger partial charge in [0.2, 0.25) is 10.0 Å². The first-order valence-corrected chi connectivity index (χ1v) is 15.1. The van der Waals surface area contributed by atoms with Gasteiger partial charge >= 0.3 is 0 Å². The summed E-state index contributed by atoms with van der Waals surface area (Å²) in [5, 5.41) is 22.3. The lowest BCUT2D eigenvalue weighted by Crippen LogP contribution is -2.48. The predicted molar refractivity (Wildman–Crippen MR) is 151 cm³/mol. The Balaban J connectivity index is 1.25. The molecular formula is C26H28ClN7O3S2. The van der Waals surface area contributed by atoms with Crippen molar-refractivity contribution in [2.24, 2.45) is 0 Å². The molecule has 0 radical (unpaired) electrons. The first-order valence-electron chi connectivity index (χ1n) is 12.5. The molecule has 0 bridgehead atoms. The van der Waals surface area contributed by atoms with E-state index < -0.39 is 10.0 Å². The molecule has 2 aromatic carbocycles. The molecule has 1 aliphatic heterocycles. The lowest BCUT2D eigenvalue weighted by atomic mass is 10.2. The molecule has 0 spiro atoms. The molecule has 1 N–H and O–H groups in total. The maximum absolute atomic E-state index is 12.9. The number of hydrogen-bond acceptors (Lipinski definition) is 9. The second-order valence-corrected chi connectivity index (χ2v) is 12.3. The van der Waals surface area contributed by atoms with E-state index in [1.165, 1.54) is 24.3 Å². The summed E-state index contributed by atoms with van der Waals surface area (Å²) in [4.78, 5) is 21.9. The Morgan fingerprint density at radius 3 is 2.36 bits per heavy atom. The van der Waals surface area contributed by atoms with Crippen LogP contribution >= 0.6 is 22.9 Å². The van der Waals surface area contributed by atoms with Gasteiger partial charge in [-0.1, -0.05) is 22.9 Å². The number of anilines is 1. The normalized spacial score (nSPS) is 14.3. The second kappa shape index (κ2) is 13.2. The molecule has 10 nitrogen and oxygen atoms in total. The zero-order valence-electron chi connectivity index (χ0n) is 21.2. The minimum Gasteiger partial charge on any atom is -0.351 e. The van der Waals surface area contributed by atoms with Crippen molar-refractivity contribution < 1.29 is 13.2 Å². The standard InChI is InChI=1S/C26H28ClN7O3S2/c27-21-5-8-23-24(19-21)38-26(31-23)33-17-15-32(16-18-33)14-11-30-25(35)20-3-6-22(7-4-20)39(36,37)34(12-1-9-28)13-2-10-29/h3-8,19H,1-2,11-18H2,(H,30,35). The number of nitriles is 2. The molecule has 13 heteroatoms. The second-order valence-electron chi connectivity index (χ2n) is 8.94. The minimum absolute atomic E-state index is 0.00643. The van der Waals surface area contributed by atoms with E-state index in [1.807, 2.05) is 30.3 Å². The van der Waals surface area contributed by atoms with E-state index in [1.54, 1.807) is 11.3 Å². The lowest BCUT2D eigenvalue weighted by Gasteiger charge is -2.34. The van der Waals surface area contributed by atoms with Crippen LogP contribution in [0.2, 0.25) is 5.02 Å². The van der Waals surface area contributed by atoms with Gasteiger partial charge in [0.15, 0.2) is 5.13 Å². The number of sulfonamides is 1. The number of hydrogen-bond donors (Lipinski definition) is 1. The summed E-state index contributed by atoms with van der Waals surface area (Å²) in [6.45, 7) is 4.58. The first kappa shape index (κ1) is 28.7. The highest BCUT2D eigenvalue weighted by molar-refractivity contribution is 7.89. The van der Waals surface area contributed by atoms with Crippen LogP contribution in [0.1, 0.15) is 23.2 Å². The number of nitrogens with one attached hydrogen (secondary N) is 1. The van der Waals surface area contributed by atoms with Crippen molar-refractivity contribution in [1.29, 1.82) is 10.5 Å². The van der Waals surface area contributed by atoms with Gasteiger partial charge in [-0.25, -0.2) is 13.4 Å². The summed E-state index contributed by atoms with van der Waals surface area (Å²) in [6, 6.07) is 15.3. The number of halogens is 1. The Morgan fingerprint density at radius 1 is 1.05 bits per heavy atom. The van der Waals surface area contributed by atoms with Crippen molar-refractivity contribution >= 4 is 54.2 Å². The van der Waals surface area contributed by atoms with Crippen LogP contribution in [0.5, 0.6) is 0 Å². The zero-order chi connectivity index (χ0) is 27.8. The van der Waals surface area contributed by atoms with Gasteiger partial charge in [0.1, 0.15) is 0 Å². The number of piperazine rings is 1. The van der Waals surface area contributed by atoms with Gasteiger partial charge < -0.3 is 10.2 Å². The molecule has 1 aliphatic rings. The average molecular weight is 586 g/mol. The van der Waals surface area contributed by atoms with Gasteiger partial charge in [0, 0.05) is 75.8 Å². The van der Waals surface area contributed by atoms with Crippen molar-refractivity contribution in [1.82, 2.24) is 19.5 Å². The number of benzene rings is 2. The SMILES string of the molecule is N#CCCN(CCC#N)S(=O)(=O)c1ccc(C(=O)NCCN2CCN(c3nc4ccc(Cl)cc4s3)CC2)cc1. The fraction of sp³-hybridized carbons (Fsp3) is 0.385. The van der Waals surface area contributed by atoms with Gasteiger partial charge in [-0.3, -0.25) is 9.69 Å². The number of aromatic nitrogens is 1. The monoisotopic (exact) mass is 585 g/mol. The summed E-state index contributed by atoms with van der Waals surface area (Å²) in [6.07, 6.45) is 0.0506. The lowest BCUT2D eigenvalue weighted by molar-refractivity contribution is 0.0947. The molecule has 0 unspecified atom stereocenters. The number of carbonyl (C=O) groups is 1. The predicted octanol–water partition coefficient (Wildman–Crippen LogP) is 3.32. The Kier molecular flexibility index (Phi) is 9.73. The number of rotatable bonds is 11. The molecule has 1 aromatic heterocycles. The molecule has 204 valence electrons. The van der Waals surface area contributed by atoms with E-state index in [2.05, 4.69) is 15.1 Å². The van der Waals surface area contributed by atoms with Crippen molar-refractivity contribution in [3.8, 4) is 12.1 Å². The van der Waals surface area contributed by atoms with E-state index >= 15 is 0 Å². The van der Waals surface area contributed by atoms with E-state index in [9.17, 15) is 13.2 Å². The first-order chi connectivity index (χ1) is 18.8. The smallest absolute Gasteiger partial charge is 0.251 e. The van der Waals surface area contributed by atoms with Gasteiger partial charge in [0.25, 0.3) is 5.91 Å². The minimum atomic E-state index is -3.87. The number of amides is 1. The molecule has 4 rings (SSSR count). The van der Waals surface area contributed by atoms with Gasteiger partial charge in [-0.15, -0.1) is 0 Å². The molecule has 0 atom stereocenters. The van der Waals surface area contributed by atoms with Crippen LogP contribution in [0.3, 0.4) is 0 Å². The number of thiazole rings is 1. The summed E-state index contributed by atoms with van der Waals surface area (Å²) in [7, 11) is -3.87. The van der Waals surface area contributed by atoms with Crippen molar-refractivity contribution in [3.63, 3.8) is 0 Å². The maximum atomic E-state index is 12.9. The van der Waals surface area contributed by atoms with Crippen LogP contribution in [-0.2, 0) is 10.0 Å². The molecular weight excluding hydrogens is 558 g/mol. The highest BCUT2D eigenvalue weighted by atomic mass is 35.5. The molecule has 1 fully saturated rings. The Morgan fingerprint density at radius 2 is 1.72 bits per heavy atom. The van der Waals surface area contributed by atoms with Gasteiger partial charge in [-0.2, -0.15) is 14.8 Å². The topological polar surface area (TPSA) is 133 Å². The molecule has 39 heavy (non-hydrogen) atoms. The Labute approximate surface area is 237 Å². The van der Waals surface area contributed by atoms with Crippen molar-refractivity contribution in [2.75, 3.05) is 57.3 Å². The van der Waals surface area contributed by atoms with Crippen LogP contribution < -0.4 is 10.2 Å². The summed E-state index contributed by atoms with van der Waals surface area (Å²) >= 11 is 7.73. The van der Waals surface area contributed by atoms with Crippen molar-refractivity contribution in [2.45, 2.75) is 17.7 Å². The quantitative estimate of drug-likeness (QED) is 0.362. The molecule has 3 aromatic rings.